The lowest BCUT2D eigenvalue weighted by atomic mass is 9.58. The Morgan fingerprint density at radius 1 is 1.23 bits per heavy atom. The van der Waals surface area contributed by atoms with E-state index in [1.807, 2.05) is 18.0 Å². The van der Waals surface area contributed by atoms with Crippen LogP contribution in [0.4, 0.5) is 5.69 Å². The Morgan fingerprint density at radius 2 is 1.95 bits per heavy atom. The number of rotatable bonds is 11. The average molecular weight is 591 g/mol. The number of halogens is 2. The second-order valence-corrected chi connectivity index (χ2v) is 11.7. The van der Waals surface area contributed by atoms with Gasteiger partial charge in [-0.15, -0.1) is 0 Å². The number of benzene rings is 2. The second kappa shape index (κ2) is 12.2. The molecule has 4 atom stereocenters. The van der Waals surface area contributed by atoms with Crippen LogP contribution in [0.25, 0.3) is 0 Å². The zero-order valence-corrected chi connectivity index (χ0v) is 24.2. The molecule has 11 heteroatoms. The molecule has 0 aromatic heterocycles. The van der Waals surface area contributed by atoms with Crippen molar-refractivity contribution in [3.8, 4) is 0 Å². The molecule has 9 nitrogen and oxygen atoms in total. The number of esters is 1. The molecule has 0 bridgehead atoms. The molecule has 2 aromatic carbocycles. The van der Waals surface area contributed by atoms with Crippen LogP contribution in [0, 0.1) is 27.4 Å². The van der Waals surface area contributed by atoms with Gasteiger partial charge in [-0.1, -0.05) is 41.4 Å². The van der Waals surface area contributed by atoms with Gasteiger partial charge in [0, 0.05) is 40.4 Å². The van der Waals surface area contributed by atoms with E-state index in [1.54, 1.807) is 32.0 Å². The molecule has 40 heavy (non-hydrogen) atoms. The minimum absolute atomic E-state index is 0.177. The fourth-order valence-electron chi connectivity index (χ4n) is 5.71. The van der Waals surface area contributed by atoms with Crippen LogP contribution in [-0.4, -0.2) is 58.8 Å². The number of hydrogen-bond acceptors (Lipinski definition) is 7. The number of nitrogens with zero attached hydrogens (tertiary/aromatic N) is 3. The zero-order chi connectivity index (χ0) is 29.2. The van der Waals surface area contributed by atoms with Crippen LogP contribution in [0.5, 0.6) is 0 Å². The van der Waals surface area contributed by atoms with Gasteiger partial charge >= 0.3 is 11.9 Å². The summed E-state index contributed by atoms with van der Waals surface area (Å²) in [5.74, 6) is -3.47. The number of aliphatic imine (C=N–C) groups is 1. The third-order valence-electron chi connectivity index (χ3n) is 8.08. The van der Waals surface area contributed by atoms with E-state index in [0.29, 0.717) is 40.3 Å². The van der Waals surface area contributed by atoms with Crippen molar-refractivity contribution in [1.82, 2.24) is 4.90 Å². The van der Waals surface area contributed by atoms with E-state index >= 15 is 0 Å². The van der Waals surface area contributed by atoms with Crippen molar-refractivity contribution < 1.29 is 24.4 Å². The maximum Gasteiger partial charge on any atom is 0.314 e. The van der Waals surface area contributed by atoms with E-state index < -0.39 is 40.2 Å². The zero-order valence-electron chi connectivity index (χ0n) is 22.7. The highest BCUT2D eigenvalue weighted by molar-refractivity contribution is 6.35. The molecule has 1 heterocycles. The van der Waals surface area contributed by atoms with Gasteiger partial charge in [0.25, 0.3) is 5.69 Å². The Hall–Kier alpha value is -3.01. The van der Waals surface area contributed by atoms with Gasteiger partial charge in [0.1, 0.15) is 5.92 Å². The van der Waals surface area contributed by atoms with Gasteiger partial charge < -0.3 is 14.7 Å². The largest absolute Gasteiger partial charge is 0.481 e. The Bertz CT molecular complexity index is 1330. The molecular formula is C29H33Cl2N3O6. The van der Waals surface area contributed by atoms with Crippen molar-refractivity contribution in [1.29, 1.82) is 0 Å². The molecule has 1 saturated carbocycles. The van der Waals surface area contributed by atoms with Crippen LogP contribution in [0.2, 0.25) is 10.0 Å². The van der Waals surface area contributed by atoms with E-state index in [1.165, 1.54) is 18.2 Å². The first kappa shape index (κ1) is 30.0. The lowest BCUT2D eigenvalue weighted by Gasteiger charge is -2.47. The Morgan fingerprint density at radius 3 is 2.58 bits per heavy atom. The number of carbonyl (C=O) groups is 2. The van der Waals surface area contributed by atoms with Gasteiger partial charge in [-0.3, -0.25) is 24.7 Å². The van der Waals surface area contributed by atoms with Crippen LogP contribution < -0.4 is 0 Å². The maximum absolute atomic E-state index is 14.1. The summed E-state index contributed by atoms with van der Waals surface area (Å²) >= 11 is 12.4. The first-order valence-electron chi connectivity index (χ1n) is 13.2. The van der Waals surface area contributed by atoms with Crippen molar-refractivity contribution >= 4 is 46.5 Å². The number of nitro groups is 1. The minimum Gasteiger partial charge on any atom is -0.481 e. The van der Waals surface area contributed by atoms with Crippen molar-refractivity contribution in [2.45, 2.75) is 51.6 Å². The van der Waals surface area contributed by atoms with Crippen LogP contribution in [-0.2, 0) is 20.9 Å². The first-order valence-corrected chi connectivity index (χ1v) is 14.0. The van der Waals surface area contributed by atoms with Gasteiger partial charge in [0.05, 0.1) is 23.0 Å². The summed E-state index contributed by atoms with van der Waals surface area (Å²) < 4.78 is 5.87. The summed E-state index contributed by atoms with van der Waals surface area (Å²) in [6.07, 6.45) is 2.17. The van der Waals surface area contributed by atoms with Gasteiger partial charge in [0.15, 0.2) is 0 Å². The van der Waals surface area contributed by atoms with Crippen molar-refractivity contribution in [3.63, 3.8) is 0 Å². The van der Waals surface area contributed by atoms with E-state index in [0.717, 1.165) is 18.4 Å². The maximum atomic E-state index is 14.1. The molecule has 0 radical (unpaired) electrons. The molecule has 1 aliphatic heterocycles. The highest BCUT2D eigenvalue weighted by Crippen LogP contribution is 2.52. The molecule has 214 valence electrons. The summed E-state index contributed by atoms with van der Waals surface area (Å²) in [6, 6.07) is 10.5. The normalized spacial score (nSPS) is 24.4. The molecule has 4 unspecified atom stereocenters. The van der Waals surface area contributed by atoms with Gasteiger partial charge in [-0.2, -0.15) is 0 Å². The van der Waals surface area contributed by atoms with Crippen LogP contribution >= 0.6 is 23.2 Å². The molecule has 0 saturated heterocycles. The topological polar surface area (TPSA) is 122 Å². The number of carboxylic acids is 1. The molecule has 1 aliphatic carbocycles. The monoisotopic (exact) mass is 589 g/mol. The predicted molar refractivity (Wildman–Crippen MR) is 153 cm³/mol. The van der Waals surface area contributed by atoms with E-state index in [4.69, 9.17) is 27.9 Å². The Labute approximate surface area is 243 Å². The predicted octanol–water partition coefficient (Wildman–Crippen LogP) is 6.01. The average Bonchev–Trinajstić information content (AvgIpc) is 3.72. The SMILES string of the molecule is CC1=NC(C)C(CCN(C)Cc2ccc(Cl)cc2Cl)(C(=O)OCC2CC2)C(c2cccc([N+](=O)[O-])c2)C1C(=O)O. The summed E-state index contributed by atoms with van der Waals surface area (Å²) in [5.41, 5.74) is 0.0512. The van der Waals surface area contributed by atoms with Gasteiger partial charge in [0.2, 0.25) is 0 Å². The minimum atomic E-state index is -1.38. The number of carbonyl (C=O) groups excluding carboxylic acids is 1. The van der Waals surface area contributed by atoms with Crippen molar-refractivity contribution in [3.05, 3.63) is 73.8 Å². The summed E-state index contributed by atoms with van der Waals surface area (Å²) in [5, 5.41) is 23.1. The van der Waals surface area contributed by atoms with E-state index in [9.17, 15) is 24.8 Å². The number of nitro benzene ring substituents is 1. The first-order chi connectivity index (χ1) is 18.9. The van der Waals surface area contributed by atoms with E-state index in [-0.39, 0.29) is 18.7 Å². The molecule has 1 fully saturated rings. The van der Waals surface area contributed by atoms with Crippen molar-refractivity contribution in [2.75, 3.05) is 20.2 Å². The fourth-order valence-corrected chi connectivity index (χ4v) is 6.18. The number of aliphatic carboxylic acids is 1. The smallest absolute Gasteiger partial charge is 0.314 e. The second-order valence-electron chi connectivity index (χ2n) is 10.9. The Balaban J connectivity index is 1.77. The van der Waals surface area contributed by atoms with Crippen molar-refractivity contribution in [2.24, 2.45) is 22.2 Å². The third-order valence-corrected chi connectivity index (χ3v) is 8.66. The number of hydrogen-bond donors (Lipinski definition) is 1. The number of non-ortho nitro benzene ring substituents is 1. The highest BCUT2D eigenvalue weighted by atomic mass is 35.5. The standard InChI is InChI=1S/C29H33Cl2N3O6/c1-17-25(27(35)36)26(20-5-4-6-23(13-20)34(38)39)29(18(2)32-17,28(37)40-16-19-7-8-19)11-12-33(3)15-21-9-10-22(30)14-24(21)31/h4-6,9-10,13-14,18-19,25-26H,7-8,11-12,15-16H2,1-3H3,(H,35,36). The molecule has 2 aliphatic rings. The quantitative estimate of drug-likeness (QED) is 0.193. The molecule has 1 N–H and O–H groups in total. The molecule has 4 rings (SSSR count). The highest BCUT2D eigenvalue weighted by Gasteiger charge is 2.59. The Kier molecular flexibility index (Phi) is 9.17. The molecular weight excluding hydrogens is 557 g/mol. The molecule has 0 spiro atoms. The van der Waals surface area contributed by atoms with Gasteiger partial charge in [-0.05, 0) is 75.9 Å². The molecule has 0 amide bonds. The fraction of sp³-hybridized carbons (Fsp3) is 0.483. The van der Waals surface area contributed by atoms with Gasteiger partial charge in [-0.25, -0.2) is 0 Å². The summed E-state index contributed by atoms with van der Waals surface area (Å²) in [4.78, 5) is 44.6. The molecule has 2 aromatic rings. The summed E-state index contributed by atoms with van der Waals surface area (Å²) in [6.45, 7) is 4.53. The number of carboxylic acid groups (broad SMARTS) is 1. The van der Waals surface area contributed by atoms with Crippen LogP contribution in [0.3, 0.4) is 0 Å². The number of ether oxygens (including phenoxy) is 1. The van der Waals surface area contributed by atoms with Crippen LogP contribution in [0.1, 0.15) is 50.2 Å². The lowest BCUT2D eigenvalue weighted by Crippen LogP contribution is -2.55. The summed E-state index contributed by atoms with van der Waals surface area (Å²) in [7, 11) is 1.88. The third kappa shape index (κ3) is 6.32. The lowest BCUT2D eigenvalue weighted by molar-refractivity contribution is -0.385. The van der Waals surface area contributed by atoms with Crippen LogP contribution in [0.15, 0.2) is 47.5 Å². The van der Waals surface area contributed by atoms with E-state index in [2.05, 4.69) is 4.99 Å².